The van der Waals surface area contributed by atoms with Crippen LogP contribution in [-0.2, 0) is 16.2 Å². The van der Waals surface area contributed by atoms with Crippen LogP contribution in [-0.4, -0.2) is 62.6 Å². The normalized spacial score (nSPS) is 13.3. The molecule has 1 aliphatic rings. The summed E-state index contributed by atoms with van der Waals surface area (Å²) in [7, 11) is 0. The Morgan fingerprint density at radius 2 is 1.94 bits per heavy atom. The molecule has 13 heteroatoms. The Hall–Kier alpha value is -3.36. The number of aromatic nitrogens is 2. The minimum absolute atomic E-state index is 0.0512. The molecule has 1 aromatic heterocycles. The first-order chi connectivity index (χ1) is 16.0. The molecule has 0 aliphatic carbocycles. The molecule has 0 amide bonds. The highest BCUT2D eigenvalue weighted by molar-refractivity contribution is 9.10. The van der Waals surface area contributed by atoms with Gasteiger partial charge in [-0.2, -0.15) is 0 Å². The van der Waals surface area contributed by atoms with Crippen LogP contribution < -0.4 is 10.1 Å². The van der Waals surface area contributed by atoms with Crippen molar-refractivity contribution in [2.24, 2.45) is 4.99 Å². The summed E-state index contributed by atoms with van der Waals surface area (Å²) in [5.74, 6) is 0.821. The van der Waals surface area contributed by atoms with Gasteiger partial charge in [-0.05, 0) is 45.8 Å². The van der Waals surface area contributed by atoms with E-state index in [0.29, 0.717) is 24.6 Å². The van der Waals surface area contributed by atoms with Gasteiger partial charge in [-0.25, -0.2) is 9.63 Å². The van der Waals surface area contributed by atoms with E-state index in [1.54, 1.807) is 29.4 Å². The summed E-state index contributed by atoms with van der Waals surface area (Å²) in [6.45, 7) is 1.00. The van der Waals surface area contributed by atoms with Crippen molar-refractivity contribution in [3.8, 4) is 5.75 Å². The maximum Gasteiger partial charge on any atom is 0.515 e. The summed E-state index contributed by atoms with van der Waals surface area (Å²) in [5.41, 5.74) is 2.87. The minimum atomic E-state index is -0.871. The molecule has 0 saturated carbocycles. The summed E-state index contributed by atoms with van der Waals surface area (Å²) in [6, 6.07) is 9.99. The van der Waals surface area contributed by atoms with Crippen LogP contribution in [0.15, 0.2) is 58.3 Å². The molecule has 0 spiro atoms. The molecule has 33 heavy (non-hydrogen) atoms. The number of guanidine groups is 1. The van der Waals surface area contributed by atoms with E-state index in [-0.39, 0.29) is 24.5 Å². The molecule has 12 nitrogen and oxygen atoms in total. The zero-order valence-corrected chi connectivity index (χ0v) is 18.7. The maximum absolute atomic E-state index is 12.1. The van der Waals surface area contributed by atoms with Crippen molar-refractivity contribution in [3.05, 3.63) is 58.8 Å². The molecule has 4 rings (SSSR count). The minimum Gasteiger partial charge on any atom is -0.412 e. The molecular weight excluding hydrogens is 500 g/mol. The number of rotatable bonds is 7. The first kappa shape index (κ1) is 22.8. The van der Waals surface area contributed by atoms with Crippen molar-refractivity contribution in [2.75, 3.05) is 25.1 Å². The fourth-order valence-corrected chi connectivity index (χ4v) is 3.53. The van der Waals surface area contributed by atoms with Crippen molar-refractivity contribution in [1.29, 1.82) is 0 Å². The average molecular weight is 519 g/mol. The zero-order valence-electron chi connectivity index (χ0n) is 17.1. The SMILES string of the molecule is O=C(OCN1CCN=C1Nc1ccc2nccnc2c1Br)Oc1ccc(CON(O)O)cc1. The topological polar surface area (TPSA) is 142 Å². The van der Waals surface area contributed by atoms with Gasteiger partial charge in [0.2, 0.25) is 5.96 Å². The van der Waals surface area contributed by atoms with Gasteiger partial charge in [-0.1, -0.05) is 12.1 Å². The number of carbonyl (C=O) groups is 1. The molecular formula is C20H19BrN6O6. The monoisotopic (exact) mass is 518 g/mol. The lowest BCUT2D eigenvalue weighted by Crippen LogP contribution is -2.36. The Labute approximate surface area is 196 Å². The van der Waals surface area contributed by atoms with Gasteiger partial charge in [0, 0.05) is 18.9 Å². The van der Waals surface area contributed by atoms with Crippen LogP contribution in [0.25, 0.3) is 11.0 Å². The second kappa shape index (κ2) is 10.5. The van der Waals surface area contributed by atoms with Gasteiger partial charge in [0.25, 0.3) is 0 Å². The number of benzene rings is 2. The Kier molecular flexibility index (Phi) is 7.26. The number of nitrogens with zero attached hydrogens (tertiary/aromatic N) is 5. The molecule has 2 heterocycles. The van der Waals surface area contributed by atoms with E-state index in [2.05, 4.69) is 41.0 Å². The van der Waals surface area contributed by atoms with E-state index in [0.717, 1.165) is 21.2 Å². The third-order valence-corrected chi connectivity index (χ3v) is 5.37. The molecule has 172 valence electrons. The van der Waals surface area contributed by atoms with E-state index in [4.69, 9.17) is 19.9 Å². The number of aliphatic imine (C=N–C) groups is 1. The third-order valence-electron chi connectivity index (χ3n) is 4.57. The second-order valence-electron chi connectivity index (χ2n) is 6.74. The Bertz CT molecular complexity index is 1160. The number of nitrogens with one attached hydrogen (secondary N) is 1. The summed E-state index contributed by atoms with van der Waals surface area (Å²) >= 11 is 3.55. The Morgan fingerprint density at radius 3 is 2.73 bits per heavy atom. The van der Waals surface area contributed by atoms with Crippen LogP contribution in [0.2, 0.25) is 0 Å². The van der Waals surface area contributed by atoms with Crippen LogP contribution in [0.5, 0.6) is 5.75 Å². The average Bonchev–Trinajstić information content (AvgIpc) is 3.26. The van der Waals surface area contributed by atoms with Crippen molar-refractivity contribution in [1.82, 2.24) is 20.3 Å². The van der Waals surface area contributed by atoms with Gasteiger partial charge in [-0.15, -0.1) is 0 Å². The third kappa shape index (κ3) is 5.91. The molecule has 0 atom stereocenters. The molecule has 3 aromatic rings. The highest BCUT2D eigenvalue weighted by Crippen LogP contribution is 2.29. The number of anilines is 1. The van der Waals surface area contributed by atoms with E-state index in [1.807, 2.05) is 12.1 Å². The fourth-order valence-electron chi connectivity index (χ4n) is 2.99. The van der Waals surface area contributed by atoms with Crippen LogP contribution >= 0.6 is 15.9 Å². The molecule has 0 fully saturated rings. The highest BCUT2D eigenvalue weighted by atomic mass is 79.9. The van der Waals surface area contributed by atoms with Crippen molar-refractivity contribution >= 4 is 44.8 Å². The quantitative estimate of drug-likeness (QED) is 0.241. The molecule has 0 saturated heterocycles. The summed E-state index contributed by atoms with van der Waals surface area (Å²) in [6.07, 6.45) is 2.38. The lowest BCUT2D eigenvalue weighted by molar-refractivity contribution is -0.497. The number of halogens is 1. The van der Waals surface area contributed by atoms with Gasteiger partial charge < -0.3 is 19.7 Å². The van der Waals surface area contributed by atoms with E-state index in [9.17, 15) is 4.79 Å². The van der Waals surface area contributed by atoms with E-state index in [1.165, 1.54) is 12.1 Å². The van der Waals surface area contributed by atoms with Gasteiger partial charge in [0.05, 0.1) is 34.2 Å². The predicted octanol–water partition coefficient (Wildman–Crippen LogP) is 3.16. The van der Waals surface area contributed by atoms with Crippen LogP contribution in [0.3, 0.4) is 0 Å². The van der Waals surface area contributed by atoms with Gasteiger partial charge in [-0.3, -0.25) is 25.4 Å². The molecule has 0 unspecified atom stereocenters. The molecule has 3 N–H and O–H groups in total. The first-order valence-electron chi connectivity index (χ1n) is 9.69. The molecule has 2 aromatic carbocycles. The van der Waals surface area contributed by atoms with E-state index >= 15 is 0 Å². The van der Waals surface area contributed by atoms with Crippen LogP contribution in [0.1, 0.15) is 5.56 Å². The van der Waals surface area contributed by atoms with Crippen LogP contribution in [0.4, 0.5) is 10.5 Å². The van der Waals surface area contributed by atoms with Gasteiger partial charge in [0.15, 0.2) is 6.73 Å². The predicted molar refractivity (Wildman–Crippen MR) is 118 cm³/mol. The van der Waals surface area contributed by atoms with Crippen LogP contribution in [0, 0.1) is 0 Å². The lowest BCUT2D eigenvalue weighted by Gasteiger charge is -2.21. The number of ether oxygens (including phenoxy) is 2. The zero-order chi connectivity index (χ0) is 23.2. The Morgan fingerprint density at radius 1 is 1.15 bits per heavy atom. The summed E-state index contributed by atoms with van der Waals surface area (Å²) in [4.78, 5) is 31.4. The van der Waals surface area contributed by atoms with Gasteiger partial charge >= 0.3 is 6.16 Å². The number of hydrogen-bond donors (Lipinski definition) is 3. The largest absolute Gasteiger partial charge is 0.515 e. The van der Waals surface area contributed by atoms with Crippen molar-refractivity contribution in [2.45, 2.75) is 6.61 Å². The molecule has 1 aliphatic heterocycles. The van der Waals surface area contributed by atoms with E-state index < -0.39 is 6.16 Å². The number of hydrogen-bond acceptors (Lipinski definition) is 12. The van der Waals surface area contributed by atoms with Crippen molar-refractivity contribution < 1.29 is 29.5 Å². The molecule has 0 bridgehead atoms. The Balaban J connectivity index is 1.30. The lowest BCUT2D eigenvalue weighted by atomic mass is 10.2. The number of fused-ring (bicyclic) bond motifs is 1. The fraction of sp³-hybridized carbons (Fsp3) is 0.200. The molecule has 0 radical (unpaired) electrons. The standard InChI is InChI=1S/C20H19BrN6O6/c21-17-15(5-6-16-18(17)23-8-7-22-16)25-19-24-9-10-26(19)12-31-20(28)33-14-3-1-13(2-4-14)11-32-27(29)30/h1-8,29-30H,9-12H2,(H,24,25). The number of carbonyl (C=O) groups excluding carboxylic acids is 1. The summed E-state index contributed by atoms with van der Waals surface area (Å²) in [5, 5.41) is 20.0. The smallest absolute Gasteiger partial charge is 0.412 e. The second-order valence-corrected chi connectivity index (χ2v) is 7.53. The summed E-state index contributed by atoms with van der Waals surface area (Å²) < 4.78 is 11.1. The first-order valence-corrected chi connectivity index (χ1v) is 10.5. The van der Waals surface area contributed by atoms with Gasteiger partial charge in [0.1, 0.15) is 11.3 Å². The highest BCUT2D eigenvalue weighted by Gasteiger charge is 2.20. The maximum atomic E-state index is 12.1. The van der Waals surface area contributed by atoms with Crippen molar-refractivity contribution in [3.63, 3.8) is 0 Å².